The summed E-state index contributed by atoms with van der Waals surface area (Å²) in [5.74, 6) is 3.55. The van der Waals surface area contributed by atoms with Gasteiger partial charge in [0.05, 0.1) is 17.1 Å². The number of aromatic nitrogens is 3. The zero-order chi connectivity index (χ0) is 31.6. The molecule has 0 N–H and O–H groups in total. The van der Waals surface area contributed by atoms with Crippen LogP contribution >= 0.6 is 0 Å². The van der Waals surface area contributed by atoms with Gasteiger partial charge in [-0.3, -0.25) is 0 Å². The summed E-state index contributed by atoms with van der Waals surface area (Å²) >= 11 is 0. The average Bonchev–Trinajstić information content (AvgIpc) is 3.29. The summed E-state index contributed by atoms with van der Waals surface area (Å²) in [5.41, 5.74) is 10.4. The number of para-hydroxylation sites is 1. The second-order valence-corrected chi connectivity index (χ2v) is 12.0. The lowest BCUT2D eigenvalue weighted by Gasteiger charge is -2.35. The summed E-state index contributed by atoms with van der Waals surface area (Å²) in [7, 11) is 0. The van der Waals surface area contributed by atoms with Gasteiger partial charge in [-0.1, -0.05) is 140 Å². The van der Waals surface area contributed by atoms with Crippen LogP contribution in [0.3, 0.4) is 0 Å². The van der Waals surface area contributed by atoms with Gasteiger partial charge in [0, 0.05) is 33.2 Å². The summed E-state index contributed by atoms with van der Waals surface area (Å²) in [6.45, 7) is 0. The van der Waals surface area contributed by atoms with E-state index in [0.717, 1.165) is 78.3 Å². The van der Waals surface area contributed by atoms with E-state index in [0.29, 0.717) is 17.5 Å². The minimum Gasteiger partial charge on any atom is -0.452 e. The first-order valence-electron chi connectivity index (χ1n) is 16.0. The first kappa shape index (κ1) is 26.6. The van der Waals surface area contributed by atoms with E-state index in [1.807, 2.05) is 60.7 Å². The van der Waals surface area contributed by atoms with Gasteiger partial charge in [-0.15, -0.1) is 0 Å². The Hall–Kier alpha value is -6.59. The third-order valence-electron chi connectivity index (χ3n) is 9.24. The maximum Gasteiger partial charge on any atom is 0.164 e. The highest BCUT2D eigenvalue weighted by atomic mass is 16.5. The van der Waals surface area contributed by atoms with E-state index in [2.05, 4.69) is 102 Å². The van der Waals surface area contributed by atoms with Crippen LogP contribution in [0.2, 0.25) is 0 Å². The standard InChI is InChI=1S/C43H26N4O/c1-3-13-28(14-4-1)41-44-42(29-15-5-2-6-16-29)46-43(45-41)30-22-24-34-32-18-9-10-19-33(32)35-20-11-21-38-39(35)47(37(34)26-30)36-25-23-27-12-7-8-17-31(27)40(36)48-38/h1-26H. The zero-order valence-electron chi connectivity index (χ0n) is 25.7. The van der Waals surface area contributed by atoms with Crippen LogP contribution in [-0.2, 0) is 0 Å². The minimum atomic E-state index is 0.614. The fraction of sp³-hybridized carbons (Fsp3) is 0. The Labute approximate surface area is 277 Å². The number of fused-ring (bicyclic) bond motifs is 9. The number of hydrogen-bond donors (Lipinski definition) is 0. The van der Waals surface area contributed by atoms with Gasteiger partial charge in [0.25, 0.3) is 0 Å². The average molecular weight is 615 g/mol. The summed E-state index contributed by atoms with van der Waals surface area (Å²) < 4.78 is 6.79. The Bertz CT molecular complexity index is 2490. The molecular weight excluding hydrogens is 589 g/mol. The summed E-state index contributed by atoms with van der Waals surface area (Å²) in [5, 5.41) is 2.21. The molecule has 3 heterocycles. The lowest BCUT2D eigenvalue weighted by molar-refractivity contribution is 0.483. The molecule has 48 heavy (non-hydrogen) atoms. The van der Waals surface area contributed by atoms with Crippen LogP contribution in [0, 0.1) is 0 Å². The molecule has 0 atom stereocenters. The smallest absolute Gasteiger partial charge is 0.164 e. The van der Waals surface area contributed by atoms with Crippen molar-refractivity contribution in [1.82, 2.24) is 15.0 Å². The maximum absolute atomic E-state index is 6.79. The molecule has 224 valence electrons. The highest BCUT2D eigenvalue weighted by molar-refractivity contribution is 6.08. The number of anilines is 3. The second-order valence-electron chi connectivity index (χ2n) is 12.0. The number of rotatable bonds is 3. The minimum absolute atomic E-state index is 0.614. The van der Waals surface area contributed by atoms with E-state index in [1.165, 1.54) is 0 Å². The SMILES string of the molecule is c1ccc(-c2nc(-c3ccccc3)nc(-c3ccc4c(c3)N3c5ccc6ccccc6c5Oc5cccc(c53)-c3ccccc3-4)n2)cc1. The molecule has 0 saturated heterocycles. The van der Waals surface area contributed by atoms with E-state index in [-0.39, 0.29) is 0 Å². The number of benzene rings is 7. The van der Waals surface area contributed by atoms with Gasteiger partial charge >= 0.3 is 0 Å². The normalized spacial score (nSPS) is 12.3. The van der Waals surface area contributed by atoms with Crippen molar-refractivity contribution in [3.8, 4) is 67.9 Å². The Morgan fingerprint density at radius 2 is 1.02 bits per heavy atom. The fourth-order valence-corrected chi connectivity index (χ4v) is 7.02. The van der Waals surface area contributed by atoms with Crippen molar-refractivity contribution in [1.29, 1.82) is 0 Å². The molecule has 2 aliphatic rings. The summed E-state index contributed by atoms with van der Waals surface area (Å²) in [4.78, 5) is 17.4. The third-order valence-corrected chi connectivity index (χ3v) is 9.24. The molecular formula is C43H26N4O. The monoisotopic (exact) mass is 614 g/mol. The molecule has 1 aromatic heterocycles. The molecule has 2 aliphatic heterocycles. The lowest BCUT2D eigenvalue weighted by Crippen LogP contribution is -2.17. The van der Waals surface area contributed by atoms with Crippen molar-refractivity contribution in [2.75, 3.05) is 4.90 Å². The van der Waals surface area contributed by atoms with E-state index in [1.54, 1.807) is 0 Å². The highest BCUT2D eigenvalue weighted by Gasteiger charge is 2.34. The third kappa shape index (κ3) is 4.08. The van der Waals surface area contributed by atoms with Gasteiger partial charge in [0.1, 0.15) is 0 Å². The van der Waals surface area contributed by atoms with Crippen molar-refractivity contribution in [2.24, 2.45) is 0 Å². The van der Waals surface area contributed by atoms with E-state index in [9.17, 15) is 0 Å². The predicted octanol–water partition coefficient (Wildman–Crippen LogP) is 11.2. The maximum atomic E-state index is 6.79. The number of nitrogens with zero attached hydrogens (tertiary/aromatic N) is 4. The van der Waals surface area contributed by atoms with E-state index < -0.39 is 0 Å². The number of ether oxygens (including phenoxy) is 1. The summed E-state index contributed by atoms with van der Waals surface area (Å²) in [6.07, 6.45) is 0. The molecule has 0 spiro atoms. The Morgan fingerprint density at radius 3 is 1.75 bits per heavy atom. The summed E-state index contributed by atoms with van der Waals surface area (Å²) in [6, 6.07) is 54.5. The molecule has 0 unspecified atom stereocenters. The van der Waals surface area contributed by atoms with Crippen molar-refractivity contribution in [3.63, 3.8) is 0 Å². The molecule has 10 rings (SSSR count). The van der Waals surface area contributed by atoms with Crippen LogP contribution in [0.5, 0.6) is 11.5 Å². The zero-order valence-corrected chi connectivity index (χ0v) is 25.7. The van der Waals surface area contributed by atoms with Crippen molar-refractivity contribution >= 4 is 27.8 Å². The molecule has 5 nitrogen and oxygen atoms in total. The van der Waals surface area contributed by atoms with Gasteiger partial charge in [0.2, 0.25) is 0 Å². The van der Waals surface area contributed by atoms with E-state index in [4.69, 9.17) is 19.7 Å². The largest absolute Gasteiger partial charge is 0.452 e. The van der Waals surface area contributed by atoms with Gasteiger partial charge in [0.15, 0.2) is 29.0 Å². The molecule has 0 bridgehead atoms. The van der Waals surface area contributed by atoms with Crippen molar-refractivity contribution < 1.29 is 4.74 Å². The van der Waals surface area contributed by atoms with Gasteiger partial charge in [-0.25, -0.2) is 15.0 Å². The first-order valence-corrected chi connectivity index (χ1v) is 16.0. The van der Waals surface area contributed by atoms with Gasteiger partial charge < -0.3 is 9.64 Å². The van der Waals surface area contributed by atoms with Crippen LogP contribution in [0.15, 0.2) is 158 Å². The Morgan fingerprint density at radius 1 is 0.417 bits per heavy atom. The van der Waals surface area contributed by atoms with E-state index >= 15 is 0 Å². The lowest BCUT2D eigenvalue weighted by atomic mass is 9.94. The fourth-order valence-electron chi connectivity index (χ4n) is 7.02. The Kier molecular flexibility index (Phi) is 5.81. The number of hydrogen-bond acceptors (Lipinski definition) is 5. The quantitative estimate of drug-likeness (QED) is 0.198. The topological polar surface area (TPSA) is 51.1 Å². The van der Waals surface area contributed by atoms with Crippen LogP contribution in [-0.4, -0.2) is 15.0 Å². The molecule has 8 aromatic rings. The van der Waals surface area contributed by atoms with Gasteiger partial charge in [-0.05, 0) is 34.7 Å². The van der Waals surface area contributed by atoms with Crippen LogP contribution in [0.25, 0.3) is 67.2 Å². The van der Waals surface area contributed by atoms with Crippen LogP contribution < -0.4 is 9.64 Å². The van der Waals surface area contributed by atoms with Gasteiger partial charge in [-0.2, -0.15) is 0 Å². The molecule has 0 amide bonds. The highest BCUT2D eigenvalue weighted by Crippen LogP contribution is 2.60. The van der Waals surface area contributed by atoms with Crippen LogP contribution in [0.4, 0.5) is 17.1 Å². The predicted molar refractivity (Wildman–Crippen MR) is 193 cm³/mol. The molecule has 0 fully saturated rings. The first-order chi connectivity index (χ1) is 23.8. The Balaban J connectivity index is 1.26. The molecule has 0 radical (unpaired) electrons. The van der Waals surface area contributed by atoms with Crippen molar-refractivity contribution in [2.45, 2.75) is 0 Å². The second kappa shape index (κ2) is 10.5. The van der Waals surface area contributed by atoms with Crippen molar-refractivity contribution in [3.05, 3.63) is 158 Å². The molecule has 7 aromatic carbocycles. The molecule has 0 aliphatic carbocycles. The molecule has 0 saturated carbocycles. The van der Waals surface area contributed by atoms with Crippen LogP contribution in [0.1, 0.15) is 0 Å². The molecule has 5 heteroatoms.